The largest absolute Gasteiger partial charge is 0.395 e. The van der Waals surface area contributed by atoms with E-state index in [4.69, 9.17) is 9.90 Å². The molecule has 0 saturated carbocycles. The molecule has 0 aliphatic rings. The molecule has 0 radical (unpaired) electrons. The number of nitrogens with one attached hydrogen (secondary N) is 1. The van der Waals surface area contributed by atoms with Gasteiger partial charge >= 0.3 is 0 Å². The molecule has 0 atom stereocenters. The van der Waals surface area contributed by atoms with E-state index < -0.39 is 0 Å². The molecule has 1 amide bonds. The van der Waals surface area contributed by atoms with Crippen LogP contribution < -0.4 is 5.32 Å². The molecule has 0 unspecified atom stereocenters. The molecule has 0 bridgehead atoms. The van der Waals surface area contributed by atoms with Crippen LogP contribution in [-0.2, 0) is 9.59 Å². The summed E-state index contributed by atoms with van der Waals surface area (Å²) in [6.07, 6.45) is 3.08. The van der Waals surface area contributed by atoms with Crippen LogP contribution in [0.15, 0.2) is 25.3 Å². The van der Waals surface area contributed by atoms with Crippen LogP contribution in [-0.4, -0.2) is 55.5 Å². The molecule has 92 valence electrons. The molecule has 0 spiro atoms. The minimum Gasteiger partial charge on any atom is -0.395 e. The van der Waals surface area contributed by atoms with Gasteiger partial charge in [-0.3, -0.25) is 9.59 Å². The second-order valence-electron chi connectivity index (χ2n) is 2.89. The molecule has 5 heteroatoms. The average Bonchev–Trinajstić information content (AvgIpc) is 2.29. The minimum absolute atomic E-state index is 0.145. The van der Waals surface area contributed by atoms with Gasteiger partial charge in [-0.1, -0.05) is 13.2 Å². The third-order valence-electron chi connectivity index (χ3n) is 1.56. The van der Waals surface area contributed by atoms with Crippen LogP contribution in [0, 0.1) is 0 Å². The maximum absolute atomic E-state index is 10.7. The second-order valence-corrected chi connectivity index (χ2v) is 2.89. The highest BCUT2D eigenvalue weighted by atomic mass is 16.3. The lowest BCUT2D eigenvalue weighted by atomic mass is 10.5. The van der Waals surface area contributed by atoms with E-state index in [1.54, 1.807) is 0 Å². The summed E-state index contributed by atoms with van der Waals surface area (Å²) in [5, 5.41) is 11.2. The smallest absolute Gasteiger partial charge is 0.243 e. The number of aldehydes is 1. The van der Waals surface area contributed by atoms with Crippen LogP contribution in [0.25, 0.3) is 0 Å². The molecule has 0 saturated heterocycles. The summed E-state index contributed by atoms with van der Waals surface area (Å²) in [6, 6.07) is 0. The van der Waals surface area contributed by atoms with Crippen molar-refractivity contribution in [3.63, 3.8) is 0 Å². The van der Waals surface area contributed by atoms with Gasteiger partial charge in [-0.25, -0.2) is 0 Å². The Morgan fingerprint density at radius 2 is 2.00 bits per heavy atom. The van der Waals surface area contributed by atoms with Gasteiger partial charge in [-0.05, 0) is 19.2 Å². The molecule has 0 aromatic carbocycles. The van der Waals surface area contributed by atoms with Crippen molar-refractivity contribution in [2.75, 3.05) is 33.3 Å². The zero-order valence-electron chi connectivity index (χ0n) is 9.69. The summed E-state index contributed by atoms with van der Waals surface area (Å²) in [5.41, 5.74) is 0. The maximum atomic E-state index is 10.7. The fraction of sp³-hybridized carbons (Fsp3) is 0.455. The molecule has 0 aliphatic heterocycles. The van der Waals surface area contributed by atoms with Gasteiger partial charge < -0.3 is 15.3 Å². The Kier molecular flexibility index (Phi) is 14.3. The number of allylic oxidation sites excluding steroid dienone is 1. The van der Waals surface area contributed by atoms with E-state index in [-0.39, 0.29) is 12.5 Å². The molecular weight excluding hydrogens is 208 g/mol. The number of carbonyl (C=O) groups is 2. The normalized spacial score (nSPS) is 8.69. The number of hydrogen-bond acceptors (Lipinski definition) is 4. The van der Waals surface area contributed by atoms with Gasteiger partial charge in [0.1, 0.15) is 6.29 Å². The van der Waals surface area contributed by atoms with Crippen molar-refractivity contribution in [1.82, 2.24) is 10.2 Å². The molecule has 0 fully saturated rings. The van der Waals surface area contributed by atoms with Crippen LogP contribution in [0.4, 0.5) is 0 Å². The van der Waals surface area contributed by atoms with Gasteiger partial charge in [0.15, 0.2) is 0 Å². The van der Waals surface area contributed by atoms with Crippen molar-refractivity contribution in [3.05, 3.63) is 25.3 Å². The first kappa shape index (κ1) is 17.0. The van der Waals surface area contributed by atoms with E-state index in [1.165, 1.54) is 12.2 Å². The van der Waals surface area contributed by atoms with Crippen LogP contribution in [0.5, 0.6) is 0 Å². The number of rotatable bonds is 7. The third kappa shape index (κ3) is 15.0. The van der Waals surface area contributed by atoms with Gasteiger partial charge in [-0.15, -0.1) is 0 Å². The topological polar surface area (TPSA) is 69.6 Å². The Morgan fingerprint density at radius 1 is 1.44 bits per heavy atom. The number of amides is 1. The molecule has 0 aliphatic carbocycles. The summed E-state index contributed by atoms with van der Waals surface area (Å²) >= 11 is 0. The third-order valence-corrected chi connectivity index (χ3v) is 1.56. The molecule has 2 N–H and O–H groups in total. The minimum atomic E-state index is -0.160. The van der Waals surface area contributed by atoms with Gasteiger partial charge in [-0.2, -0.15) is 0 Å². The standard InChI is InChI=1S/C8H16N2O2.C3H4O/c1-3-8(12)9-4-5-10(2)6-7-11;1-2-3-4/h3,11H,1,4-7H2,2H3,(H,9,12);2-3H,1H2. The lowest BCUT2D eigenvalue weighted by molar-refractivity contribution is -0.116. The van der Waals surface area contributed by atoms with Crippen LogP contribution in [0.2, 0.25) is 0 Å². The van der Waals surface area contributed by atoms with E-state index in [2.05, 4.69) is 18.5 Å². The number of likely N-dealkylation sites (N-methyl/N-ethyl adjacent to an activating group) is 1. The molecule has 0 heterocycles. The lowest BCUT2D eigenvalue weighted by Gasteiger charge is -2.14. The molecule has 16 heavy (non-hydrogen) atoms. The van der Waals surface area contributed by atoms with E-state index >= 15 is 0 Å². The van der Waals surface area contributed by atoms with Crippen molar-refractivity contribution in [2.45, 2.75) is 0 Å². The van der Waals surface area contributed by atoms with Gasteiger partial charge in [0.25, 0.3) is 0 Å². The quantitative estimate of drug-likeness (QED) is 0.459. The Morgan fingerprint density at radius 3 is 2.38 bits per heavy atom. The second kappa shape index (κ2) is 13.5. The van der Waals surface area contributed by atoms with Gasteiger partial charge in [0.05, 0.1) is 6.61 Å². The highest BCUT2D eigenvalue weighted by Gasteiger charge is 1.97. The zero-order valence-corrected chi connectivity index (χ0v) is 9.69. The first-order valence-electron chi connectivity index (χ1n) is 4.88. The van der Waals surface area contributed by atoms with Crippen molar-refractivity contribution in [3.8, 4) is 0 Å². The number of nitrogens with zero attached hydrogens (tertiary/aromatic N) is 1. The summed E-state index contributed by atoms with van der Waals surface area (Å²) < 4.78 is 0. The summed E-state index contributed by atoms with van der Waals surface area (Å²) in [4.78, 5) is 21.6. The molecular formula is C11H20N2O3. The van der Waals surface area contributed by atoms with Crippen LogP contribution in [0.3, 0.4) is 0 Å². The SMILES string of the molecule is C=CC(=O)NCCN(C)CCO.C=CC=O. The first-order chi connectivity index (χ1) is 7.62. The molecule has 0 rings (SSSR count). The van der Waals surface area contributed by atoms with Crippen molar-refractivity contribution >= 4 is 12.2 Å². The fourth-order valence-electron chi connectivity index (χ4n) is 0.725. The molecule has 5 nitrogen and oxygen atoms in total. The molecule has 0 aromatic heterocycles. The van der Waals surface area contributed by atoms with Gasteiger partial charge in [0, 0.05) is 19.6 Å². The van der Waals surface area contributed by atoms with Gasteiger partial charge in [0.2, 0.25) is 5.91 Å². The van der Waals surface area contributed by atoms with E-state index in [1.807, 2.05) is 11.9 Å². The average molecular weight is 228 g/mol. The summed E-state index contributed by atoms with van der Waals surface area (Å²) in [7, 11) is 1.89. The van der Waals surface area contributed by atoms with Crippen LogP contribution in [0.1, 0.15) is 0 Å². The van der Waals surface area contributed by atoms with E-state index in [9.17, 15) is 4.79 Å². The number of hydrogen-bond donors (Lipinski definition) is 2. The Balaban J connectivity index is 0. The summed E-state index contributed by atoms with van der Waals surface area (Å²) in [6.45, 7) is 8.53. The number of aliphatic hydroxyl groups is 1. The van der Waals surface area contributed by atoms with Crippen molar-refractivity contribution in [2.24, 2.45) is 0 Å². The van der Waals surface area contributed by atoms with Crippen molar-refractivity contribution < 1.29 is 14.7 Å². The predicted molar refractivity (Wildman–Crippen MR) is 64.1 cm³/mol. The summed E-state index contributed by atoms with van der Waals surface area (Å²) in [5.74, 6) is -0.160. The Bertz CT molecular complexity index is 211. The number of aliphatic hydroxyl groups excluding tert-OH is 1. The highest BCUT2D eigenvalue weighted by molar-refractivity contribution is 5.86. The zero-order chi connectivity index (χ0) is 12.8. The van der Waals surface area contributed by atoms with Crippen LogP contribution >= 0.6 is 0 Å². The maximum Gasteiger partial charge on any atom is 0.243 e. The predicted octanol–water partition coefficient (Wildman–Crippen LogP) is -0.416. The first-order valence-corrected chi connectivity index (χ1v) is 4.88. The monoisotopic (exact) mass is 228 g/mol. The van der Waals surface area contributed by atoms with Crippen molar-refractivity contribution in [1.29, 1.82) is 0 Å². The Hall–Kier alpha value is -1.46. The molecule has 0 aromatic rings. The number of carbonyl (C=O) groups excluding carboxylic acids is 2. The van der Waals surface area contributed by atoms with E-state index in [0.717, 1.165) is 6.54 Å². The highest BCUT2D eigenvalue weighted by Crippen LogP contribution is 1.78. The fourth-order valence-corrected chi connectivity index (χ4v) is 0.725. The lowest BCUT2D eigenvalue weighted by Crippen LogP contribution is -2.33. The van der Waals surface area contributed by atoms with E-state index in [0.29, 0.717) is 19.4 Å². The Labute approximate surface area is 96.4 Å².